The smallest absolute Gasteiger partial charge is 0.331 e. The fourth-order valence-electron chi connectivity index (χ4n) is 2.71. The molecule has 0 amide bonds. The van der Waals surface area contributed by atoms with Crippen molar-refractivity contribution in [1.82, 2.24) is 0 Å². The molecule has 2 heteroatoms. The highest BCUT2D eigenvalue weighted by Gasteiger charge is 2.22. The third kappa shape index (κ3) is 18.0. The molecule has 0 bridgehead atoms. The minimum Gasteiger partial charge on any atom is -0.456 e. The van der Waals surface area contributed by atoms with Crippen molar-refractivity contribution in [1.29, 1.82) is 0 Å². The zero-order chi connectivity index (χ0) is 22.3. The molecule has 0 aliphatic carbocycles. The average Bonchev–Trinajstić information content (AvgIpc) is 2.75. The third-order valence-corrected chi connectivity index (χ3v) is 5.19. The second kappa shape index (κ2) is 20.2. The molecule has 0 rings (SSSR count). The monoisotopic (exact) mass is 412 g/mol. The maximum absolute atomic E-state index is 11.8. The summed E-state index contributed by atoms with van der Waals surface area (Å²) < 4.78 is 5.47. The second-order valence-electron chi connectivity index (χ2n) is 7.81. The molecule has 0 heterocycles. The van der Waals surface area contributed by atoms with Gasteiger partial charge in [0.1, 0.15) is 5.60 Å². The molecule has 30 heavy (non-hydrogen) atoms. The van der Waals surface area contributed by atoms with Gasteiger partial charge in [-0.25, -0.2) is 4.79 Å². The predicted molar refractivity (Wildman–Crippen MR) is 133 cm³/mol. The van der Waals surface area contributed by atoms with Crippen LogP contribution in [-0.2, 0) is 9.53 Å². The van der Waals surface area contributed by atoms with Crippen LogP contribution < -0.4 is 0 Å². The fraction of sp³-hybridized carbons (Fsp3) is 0.536. The van der Waals surface area contributed by atoms with Gasteiger partial charge >= 0.3 is 5.97 Å². The summed E-state index contributed by atoms with van der Waals surface area (Å²) in [4.78, 5) is 11.8. The van der Waals surface area contributed by atoms with E-state index in [1.807, 2.05) is 63.3 Å². The topological polar surface area (TPSA) is 26.3 Å². The lowest BCUT2D eigenvalue weighted by Crippen LogP contribution is -2.29. The van der Waals surface area contributed by atoms with Crippen LogP contribution in [0.15, 0.2) is 72.9 Å². The van der Waals surface area contributed by atoms with Crippen molar-refractivity contribution in [3.05, 3.63) is 72.9 Å². The zero-order valence-electron chi connectivity index (χ0n) is 19.8. The van der Waals surface area contributed by atoms with E-state index >= 15 is 0 Å². The van der Waals surface area contributed by atoms with Gasteiger partial charge in [0.05, 0.1) is 0 Å². The Bertz CT molecular complexity index is 584. The molecule has 0 saturated carbocycles. The molecule has 0 N–H and O–H groups in total. The molecule has 0 atom stereocenters. The van der Waals surface area contributed by atoms with Gasteiger partial charge in [-0.1, -0.05) is 126 Å². The number of unbranched alkanes of at least 4 members (excludes halogenated alkanes) is 7. The Morgan fingerprint density at radius 2 is 1.13 bits per heavy atom. The van der Waals surface area contributed by atoms with Crippen molar-refractivity contribution in [3.8, 4) is 0 Å². The molecular formula is C28H44O2. The van der Waals surface area contributed by atoms with E-state index in [0.29, 0.717) is 0 Å². The fourth-order valence-corrected chi connectivity index (χ4v) is 2.71. The average molecular weight is 413 g/mol. The van der Waals surface area contributed by atoms with E-state index in [4.69, 9.17) is 4.74 Å². The van der Waals surface area contributed by atoms with Crippen LogP contribution in [0.2, 0.25) is 0 Å². The number of allylic oxidation sites excluding steroid dienone is 11. The molecule has 0 unspecified atom stereocenters. The van der Waals surface area contributed by atoms with Crippen molar-refractivity contribution in [3.63, 3.8) is 0 Å². The van der Waals surface area contributed by atoms with Crippen molar-refractivity contribution >= 4 is 5.97 Å². The van der Waals surface area contributed by atoms with Crippen LogP contribution in [0.4, 0.5) is 0 Å². The van der Waals surface area contributed by atoms with Crippen molar-refractivity contribution < 1.29 is 9.53 Å². The van der Waals surface area contributed by atoms with Crippen LogP contribution in [0.3, 0.4) is 0 Å². The Hall–Kier alpha value is -2.09. The number of carbonyl (C=O) groups is 1. The van der Waals surface area contributed by atoms with Crippen LogP contribution >= 0.6 is 0 Å². The van der Waals surface area contributed by atoms with E-state index in [9.17, 15) is 4.79 Å². The molecule has 0 aromatic rings. The number of hydrogen-bond donors (Lipinski definition) is 0. The Labute approximate surface area is 186 Å². The van der Waals surface area contributed by atoms with Crippen molar-refractivity contribution in [2.24, 2.45) is 0 Å². The molecule has 0 saturated heterocycles. The number of ether oxygens (including phenoxy) is 1. The maximum Gasteiger partial charge on any atom is 0.331 e. The van der Waals surface area contributed by atoms with Crippen molar-refractivity contribution in [2.45, 2.75) is 97.5 Å². The zero-order valence-corrected chi connectivity index (χ0v) is 19.8. The normalized spacial score (nSPS) is 13.3. The highest BCUT2D eigenvalue weighted by Crippen LogP contribution is 2.19. The summed E-state index contributed by atoms with van der Waals surface area (Å²) in [6.07, 6.45) is 35.5. The van der Waals surface area contributed by atoms with E-state index in [-0.39, 0.29) is 11.6 Å². The van der Waals surface area contributed by atoms with E-state index in [1.165, 1.54) is 57.4 Å². The van der Waals surface area contributed by atoms with Gasteiger partial charge in [0, 0.05) is 6.08 Å². The quantitative estimate of drug-likeness (QED) is 0.103. The molecule has 0 aliphatic rings. The molecule has 0 fully saturated rings. The van der Waals surface area contributed by atoms with Gasteiger partial charge in [-0.15, -0.1) is 0 Å². The number of hydrogen-bond acceptors (Lipinski definition) is 2. The van der Waals surface area contributed by atoms with Crippen LogP contribution in [0.5, 0.6) is 0 Å². The van der Waals surface area contributed by atoms with Crippen LogP contribution in [0.25, 0.3) is 0 Å². The molecule has 0 aromatic heterocycles. The molecule has 0 radical (unpaired) electrons. The summed E-state index contributed by atoms with van der Waals surface area (Å²) in [5, 5.41) is 0. The Morgan fingerprint density at radius 1 is 0.667 bits per heavy atom. The van der Waals surface area contributed by atoms with Gasteiger partial charge in [-0.05, 0) is 32.6 Å². The van der Waals surface area contributed by atoms with Crippen LogP contribution in [-0.4, -0.2) is 11.6 Å². The molecule has 0 aromatic carbocycles. The lowest BCUT2D eigenvalue weighted by Gasteiger charge is -2.26. The first-order valence-electron chi connectivity index (χ1n) is 11.8. The van der Waals surface area contributed by atoms with E-state index in [1.54, 1.807) is 6.08 Å². The molecular weight excluding hydrogens is 368 g/mol. The number of carbonyl (C=O) groups excluding carboxylic acids is 1. The first-order valence-corrected chi connectivity index (χ1v) is 11.8. The van der Waals surface area contributed by atoms with Crippen LogP contribution in [0, 0.1) is 0 Å². The number of rotatable bonds is 17. The lowest BCUT2D eigenvalue weighted by molar-refractivity contribution is -0.152. The largest absolute Gasteiger partial charge is 0.456 e. The Balaban J connectivity index is 3.86. The van der Waals surface area contributed by atoms with E-state index < -0.39 is 0 Å². The predicted octanol–water partition coefficient (Wildman–Crippen LogP) is 8.59. The molecule has 0 aliphatic heterocycles. The third-order valence-electron chi connectivity index (χ3n) is 5.19. The van der Waals surface area contributed by atoms with Gasteiger partial charge in [0.2, 0.25) is 0 Å². The Kier molecular flexibility index (Phi) is 18.8. The van der Waals surface area contributed by atoms with Crippen LogP contribution in [0.1, 0.15) is 91.9 Å². The highest BCUT2D eigenvalue weighted by molar-refractivity contribution is 5.82. The minimum atomic E-state index is -0.369. The van der Waals surface area contributed by atoms with Crippen molar-refractivity contribution in [2.75, 3.05) is 0 Å². The van der Waals surface area contributed by atoms with Gasteiger partial charge in [-0.2, -0.15) is 0 Å². The second-order valence-corrected chi connectivity index (χ2v) is 7.81. The summed E-state index contributed by atoms with van der Waals surface area (Å²) in [5.41, 5.74) is -0.369. The summed E-state index contributed by atoms with van der Waals surface area (Å²) in [7, 11) is 0. The maximum atomic E-state index is 11.8. The highest BCUT2D eigenvalue weighted by atomic mass is 16.6. The SMILES string of the molecule is CCCCCCCCC/C=C/C=C/C=C/C=C/C=C/C=C/C(=O)OC(C)(CC)CC. The molecule has 0 spiro atoms. The van der Waals surface area contributed by atoms with Gasteiger partial charge in [0.25, 0.3) is 0 Å². The summed E-state index contributed by atoms with van der Waals surface area (Å²) in [6.45, 7) is 8.28. The summed E-state index contributed by atoms with van der Waals surface area (Å²) in [5.74, 6) is -0.292. The van der Waals surface area contributed by atoms with Gasteiger partial charge in [-0.3, -0.25) is 0 Å². The first kappa shape index (κ1) is 27.9. The van der Waals surface area contributed by atoms with Gasteiger partial charge in [0.15, 0.2) is 0 Å². The summed E-state index contributed by atoms with van der Waals surface area (Å²) in [6, 6.07) is 0. The molecule has 168 valence electrons. The summed E-state index contributed by atoms with van der Waals surface area (Å²) >= 11 is 0. The number of esters is 1. The molecule has 2 nitrogen and oxygen atoms in total. The minimum absolute atomic E-state index is 0.292. The van der Waals surface area contributed by atoms with Gasteiger partial charge < -0.3 is 4.74 Å². The van der Waals surface area contributed by atoms with E-state index in [2.05, 4.69) is 25.2 Å². The lowest BCUT2D eigenvalue weighted by atomic mass is 10.0. The van der Waals surface area contributed by atoms with E-state index in [0.717, 1.165) is 12.8 Å². The standard InChI is InChI=1S/C28H44O2/c1-5-8-9-10-11-12-13-14-15-16-17-18-19-20-21-22-23-24-25-26-27(29)30-28(4,6-2)7-3/h15-26H,5-14H2,1-4H3/b16-15+,18-17+,20-19+,22-21+,24-23+,26-25+. The first-order chi connectivity index (χ1) is 14.6. The Morgan fingerprint density at radius 3 is 1.67 bits per heavy atom.